The van der Waals surface area contributed by atoms with Crippen molar-refractivity contribution in [2.45, 2.75) is 19.3 Å². The molecular formula is C12H22N2O2. The molecule has 2 N–H and O–H groups in total. The Bertz CT molecular complexity index is 227. The summed E-state index contributed by atoms with van der Waals surface area (Å²) in [5.74, 6) is 0.733. The smallest absolute Gasteiger partial charge is 0.234 e. The molecule has 0 heterocycles. The van der Waals surface area contributed by atoms with Gasteiger partial charge in [-0.1, -0.05) is 12.5 Å². The Balaban J connectivity index is 2.15. The second kappa shape index (κ2) is 7.41. The molecule has 1 aliphatic carbocycles. The number of carbonyl (C=O) groups is 1. The van der Waals surface area contributed by atoms with Gasteiger partial charge in [0.1, 0.15) is 0 Å². The molecule has 0 unspecified atom stereocenters. The first-order valence-electron chi connectivity index (χ1n) is 5.97. The van der Waals surface area contributed by atoms with Crippen LogP contribution in [-0.4, -0.2) is 48.7 Å². The van der Waals surface area contributed by atoms with Crippen LogP contribution in [0.3, 0.4) is 0 Å². The summed E-state index contributed by atoms with van der Waals surface area (Å²) in [4.78, 5) is 13.5. The van der Waals surface area contributed by atoms with Gasteiger partial charge in [0.25, 0.3) is 0 Å². The zero-order valence-electron chi connectivity index (χ0n) is 9.82. The van der Waals surface area contributed by atoms with Crippen LogP contribution < -0.4 is 5.32 Å². The lowest BCUT2D eigenvalue weighted by atomic mass is 9.85. The van der Waals surface area contributed by atoms with E-state index in [2.05, 4.69) is 11.9 Å². The van der Waals surface area contributed by atoms with Gasteiger partial charge in [0.15, 0.2) is 0 Å². The molecule has 0 aliphatic heterocycles. The van der Waals surface area contributed by atoms with Gasteiger partial charge in [-0.2, -0.15) is 0 Å². The lowest BCUT2D eigenvalue weighted by Gasteiger charge is -2.26. The van der Waals surface area contributed by atoms with Crippen molar-refractivity contribution in [2.24, 2.45) is 5.92 Å². The predicted molar refractivity (Wildman–Crippen MR) is 64.1 cm³/mol. The number of amides is 1. The first kappa shape index (κ1) is 13.2. The average Bonchev–Trinajstić information content (AvgIpc) is 2.16. The monoisotopic (exact) mass is 226 g/mol. The van der Waals surface area contributed by atoms with Crippen LogP contribution >= 0.6 is 0 Å². The van der Waals surface area contributed by atoms with Crippen molar-refractivity contribution in [3.05, 3.63) is 12.7 Å². The Morgan fingerprint density at radius 2 is 2.31 bits per heavy atom. The molecule has 0 spiro atoms. The molecule has 1 amide bonds. The van der Waals surface area contributed by atoms with Crippen molar-refractivity contribution in [3.63, 3.8) is 0 Å². The van der Waals surface area contributed by atoms with Gasteiger partial charge in [-0.15, -0.1) is 6.58 Å². The molecule has 0 atom stereocenters. The fourth-order valence-corrected chi connectivity index (χ4v) is 1.77. The van der Waals surface area contributed by atoms with Crippen LogP contribution in [0.4, 0.5) is 0 Å². The number of carbonyl (C=O) groups excluding carboxylic acids is 1. The van der Waals surface area contributed by atoms with Gasteiger partial charge in [-0.3, -0.25) is 9.69 Å². The van der Waals surface area contributed by atoms with Crippen LogP contribution in [0.15, 0.2) is 12.7 Å². The number of hydrogen-bond donors (Lipinski definition) is 2. The molecule has 1 saturated carbocycles. The van der Waals surface area contributed by atoms with Crippen molar-refractivity contribution in [1.29, 1.82) is 0 Å². The van der Waals surface area contributed by atoms with E-state index in [1.54, 1.807) is 6.08 Å². The Kier molecular flexibility index (Phi) is 6.11. The lowest BCUT2D eigenvalue weighted by Crippen LogP contribution is -2.41. The van der Waals surface area contributed by atoms with Crippen molar-refractivity contribution < 1.29 is 9.90 Å². The highest BCUT2D eigenvalue weighted by molar-refractivity contribution is 5.78. The topological polar surface area (TPSA) is 52.6 Å². The first-order valence-corrected chi connectivity index (χ1v) is 5.97. The number of nitrogens with one attached hydrogen (secondary N) is 1. The van der Waals surface area contributed by atoms with Gasteiger partial charge in [0.2, 0.25) is 5.91 Å². The van der Waals surface area contributed by atoms with E-state index in [1.165, 1.54) is 19.3 Å². The van der Waals surface area contributed by atoms with Crippen molar-refractivity contribution >= 4 is 5.91 Å². The maximum Gasteiger partial charge on any atom is 0.234 e. The molecule has 0 aromatic heterocycles. The number of hydrogen-bond acceptors (Lipinski definition) is 3. The third kappa shape index (κ3) is 4.77. The number of aliphatic hydroxyl groups excluding tert-OH is 1. The van der Waals surface area contributed by atoms with E-state index in [0.717, 1.165) is 6.54 Å². The fraction of sp³-hybridized carbons (Fsp3) is 0.750. The van der Waals surface area contributed by atoms with Crippen LogP contribution in [0.5, 0.6) is 0 Å². The molecular weight excluding hydrogens is 204 g/mol. The second-order valence-electron chi connectivity index (χ2n) is 4.35. The highest BCUT2D eigenvalue weighted by atomic mass is 16.3. The highest BCUT2D eigenvalue weighted by Crippen LogP contribution is 2.24. The van der Waals surface area contributed by atoms with E-state index in [4.69, 9.17) is 5.11 Å². The molecule has 92 valence electrons. The van der Waals surface area contributed by atoms with Gasteiger partial charge < -0.3 is 10.4 Å². The third-order valence-electron chi connectivity index (χ3n) is 2.98. The minimum absolute atomic E-state index is 0.0437. The van der Waals surface area contributed by atoms with E-state index < -0.39 is 0 Å². The normalized spacial score (nSPS) is 15.9. The number of aliphatic hydroxyl groups is 1. The molecule has 1 fully saturated rings. The van der Waals surface area contributed by atoms with Gasteiger partial charge in [-0.05, 0) is 18.8 Å². The minimum Gasteiger partial charge on any atom is -0.395 e. The van der Waals surface area contributed by atoms with E-state index in [-0.39, 0.29) is 12.5 Å². The van der Waals surface area contributed by atoms with Gasteiger partial charge in [0.05, 0.1) is 13.2 Å². The summed E-state index contributed by atoms with van der Waals surface area (Å²) in [7, 11) is 0. The van der Waals surface area contributed by atoms with Gasteiger partial charge in [-0.25, -0.2) is 0 Å². The fourth-order valence-electron chi connectivity index (χ4n) is 1.77. The molecule has 1 aliphatic rings. The van der Waals surface area contributed by atoms with E-state index in [1.807, 2.05) is 4.90 Å². The van der Waals surface area contributed by atoms with E-state index in [9.17, 15) is 4.79 Å². The summed E-state index contributed by atoms with van der Waals surface area (Å²) in [6.07, 6.45) is 5.53. The maximum absolute atomic E-state index is 11.6. The average molecular weight is 226 g/mol. The maximum atomic E-state index is 11.6. The molecule has 4 nitrogen and oxygen atoms in total. The van der Waals surface area contributed by atoms with Gasteiger partial charge in [0, 0.05) is 19.6 Å². The van der Waals surface area contributed by atoms with Crippen LogP contribution in [0.25, 0.3) is 0 Å². The molecule has 16 heavy (non-hydrogen) atoms. The summed E-state index contributed by atoms with van der Waals surface area (Å²) in [5.41, 5.74) is 0. The number of rotatable bonds is 8. The Hall–Kier alpha value is -0.870. The largest absolute Gasteiger partial charge is 0.395 e. The van der Waals surface area contributed by atoms with Gasteiger partial charge >= 0.3 is 0 Å². The minimum atomic E-state index is 0.0437. The standard InChI is InChI=1S/C12H22N2O2/c1-2-6-14(7-8-15)10-12(16)13-9-11-4-3-5-11/h2,11,15H,1,3-10H2,(H,13,16). The van der Waals surface area contributed by atoms with Crippen molar-refractivity contribution in [2.75, 3.05) is 32.8 Å². The molecule has 0 saturated heterocycles. The summed E-state index contributed by atoms with van der Waals surface area (Å²) in [6.45, 7) is 6.01. The van der Waals surface area contributed by atoms with E-state index in [0.29, 0.717) is 25.6 Å². The Labute approximate surface area is 97.3 Å². The molecule has 4 heteroatoms. The lowest BCUT2D eigenvalue weighted by molar-refractivity contribution is -0.122. The first-order chi connectivity index (χ1) is 7.76. The van der Waals surface area contributed by atoms with Crippen molar-refractivity contribution in [1.82, 2.24) is 10.2 Å². The summed E-state index contributed by atoms with van der Waals surface area (Å²) >= 11 is 0. The summed E-state index contributed by atoms with van der Waals surface area (Å²) < 4.78 is 0. The molecule has 0 aromatic rings. The van der Waals surface area contributed by atoms with Crippen LogP contribution in [0.2, 0.25) is 0 Å². The van der Waals surface area contributed by atoms with Crippen molar-refractivity contribution in [3.8, 4) is 0 Å². The Morgan fingerprint density at radius 1 is 1.56 bits per heavy atom. The quantitative estimate of drug-likeness (QED) is 0.588. The SMILES string of the molecule is C=CCN(CCO)CC(=O)NCC1CCC1. The third-order valence-corrected chi connectivity index (χ3v) is 2.98. The highest BCUT2D eigenvalue weighted by Gasteiger charge is 2.18. The Morgan fingerprint density at radius 3 is 2.81 bits per heavy atom. The predicted octanol–water partition coefficient (Wildman–Crippen LogP) is 0.383. The van der Waals surface area contributed by atoms with Crippen LogP contribution in [0.1, 0.15) is 19.3 Å². The molecule has 0 aromatic carbocycles. The molecule has 1 rings (SSSR count). The summed E-state index contributed by atoms with van der Waals surface area (Å²) in [5, 5.41) is 11.8. The van der Waals surface area contributed by atoms with E-state index >= 15 is 0 Å². The second-order valence-corrected chi connectivity index (χ2v) is 4.35. The zero-order chi connectivity index (χ0) is 11.8. The molecule has 0 bridgehead atoms. The van der Waals surface area contributed by atoms with Crippen LogP contribution in [0, 0.1) is 5.92 Å². The number of nitrogens with zero attached hydrogens (tertiary/aromatic N) is 1. The zero-order valence-corrected chi connectivity index (χ0v) is 9.82. The van der Waals surface area contributed by atoms with Crippen LogP contribution in [-0.2, 0) is 4.79 Å². The molecule has 0 radical (unpaired) electrons. The summed E-state index contributed by atoms with van der Waals surface area (Å²) in [6, 6.07) is 0.